The molecule has 0 atom stereocenters. The van der Waals surface area contributed by atoms with E-state index in [0.717, 1.165) is 51.4 Å². The summed E-state index contributed by atoms with van der Waals surface area (Å²) in [5.41, 5.74) is -0.681. The van der Waals surface area contributed by atoms with Gasteiger partial charge < -0.3 is 10.2 Å². The minimum Gasteiger partial charge on any atom is -0.353 e. The quantitative estimate of drug-likeness (QED) is 0.810. The smallest absolute Gasteiger partial charge is 0.240 e. The molecule has 0 aromatic heterocycles. The van der Waals surface area contributed by atoms with E-state index in [0.29, 0.717) is 6.54 Å². The Morgan fingerprint density at radius 3 is 2.05 bits per heavy atom. The molecule has 2 fully saturated rings. The van der Waals surface area contributed by atoms with Crippen molar-refractivity contribution in [2.45, 2.75) is 69.7 Å². The summed E-state index contributed by atoms with van der Waals surface area (Å²) in [6.45, 7) is 0.683. The second-order valence-corrected chi connectivity index (χ2v) is 7.12. The van der Waals surface area contributed by atoms with Crippen molar-refractivity contribution in [1.82, 2.24) is 10.2 Å². The van der Waals surface area contributed by atoms with Gasteiger partial charge in [-0.2, -0.15) is 5.26 Å². The van der Waals surface area contributed by atoms with Crippen LogP contribution in [0.5, 0.6) is 0 Å². The largest absolute Gasteiger partial charge is 0.353 e. The fourth-order valence-corrected chi connectivity index (χ4v) is 3.95. The van der Waals surface area contributed by atoms with Gasteiger partial charge in [0.1, 0.15) is 5.41 Å². The summed E-state index contributed by atoms with van der Waals surface area (Å²) in [5, 5.41) is 12.7. The summed E-state index contributed by atoms with van der Waals surface area (Å²) < 4.78 is 0. The van der Waals surface area contributed by atoms with Gasteiger partial charge in [0.25, 0.3) is 0 Å². The molecular formula is C17H29N3O. The van der Waals surface area contributed by atoms with Crippen LogP contribution >= 0.6 is 0 Å². The topological polar surface area (TPSA) is 56.1 Å². The van der Waals surface area contributed by atoms with Crippen molar-refractivity contribution in [3.63, 3.8) is 0 Å². The Hall–Kier alpha value is -1.08. The van der Waals surface area contributed by atoms with Crippen LogP contribution in [-0.4, -0.2) is 37.0 Å². The van der Waals surface area contributed by atoms with E-state index in [1.165, 1.54) is 12.8 Å². The highest BCUT2D eigenvalue weighted by Crippen LogP contribution is 2.36. The highest BCUT2D eigenvalue weighted by molar-refractivity contribution is 5.85. The number of carbonyl (C=O) groups is 1. The van der Waals surface area contributed by atoms with Gasteiger partial charge in [0.05, 0.1) is 6.07 Å². The first-order valence-corrected chi connectivity index (χ1v) is 8.42. The summed E-state index contributed by atoms with van der Waals surface area (Å²) in [6.07, 6.45) is 10.5. The maximum atomic E-state index is 12.7. The molecule has 0 aromatic carbocycles. The maximum absolute atomic E-state index is 12.7. The highest BCUT2D eigenvalue weighted by atomic mass is 16.2. The number of carbonyl (C=O) groups excluding carboxylic acids is 1. The summed E-state index contributed by atoms with van der Waals surface area (Å²) in [4.78, 5) is 14.9. The molecule has 0 heterocycles. The van der Waals surface area contributed by atoms with Crippen molar-refractivity contribution >= 4 is 5.91 Å². The van der Waals surface area contributed by atoms with Crippen molar-refractivity contribution in [3.8, 4) is 6.07 Å². The van der Waals surface area contributed by atoms with Crippen molar-refractivity contribution < 1.29 is 4.79 Å². The normalized spacial score (nSPS) is 24.3. The lowest BCUT2D eigenvalue weighted by Gasteiger charge is -2.37. The number of nitrogens with one attached hydrogen (secondary N) is 1. The van der Waals surface area contributed by atoms with E-state index in [1.54, 1.807) is 0 Å². The average molecular weight is 291 g/mol. The molecule has 118 valence electrons. The molecule has 1 N–H and O–H groups in total. The fourth-order valence-electron chi connectivity index (χ4n) is 3.95. The number of hydrogen-bond donors (Lipinski definition) is 1. The van der Waals surface area contributed by atoms with Gasteiger partial charge in [-0.05, 0) is 39.8 Å². The summed E-state index contributed by atoms with van der Waals surface area (Å²) in [7, 11) is 4.20. The molecular weight excluding hydrogens is 262 g/mol. The Morgan fingerprint density at radius 1 is 1.05 bits per heavy atom. The minimum atomic E-state index is -0.775. The first-order chi connectivity index (χ1) is 10.0. The lowest BCUT2D eigenvalue weighted by Crippen LogP contribution is -2.53. The molecule has 4 heteroatoms. The third-order valence-electron chi connectivity index (χ3n) is 5.67. The Labute approximate surface area is 128 Å². The zero-order valence-corrected chi connectivity index (χ0v) is 13.6. The molecule has 0 aliphatic heterocycles. The van der Waals surface area contributed by atoms with E-state index in [2.05, 4.69) is 30.4 Å². The molecule has 0 unspecified atom stereocenters. The average Bonchev–Trinajstić information content (AvgIpc) is 2.83. The molecule has 4 nitrogen and oxygen atoms in total. The monoisotopic (exact) mass is 291 g/mol. The van der Waals surface area contributed by atoms with Crippen molar-refractivity contribution in [1.29, 1.82) is 5.26 Å². The van der Waals surface area contributed by atoms with Crippen LogP contribution in [0.3, 0.4) is 0 Å². The lowest BCUT2D eigenvalue weighted by molar-refractivity contribution is -0.129. The number of amides is 1. The minimum absolute atomic E-state index is 0.0278. The second kappa shape index (κ2) is 6.79. The van der Waals surface area contributed by atoms with Gasteiger partial charge in [-0.1, -0.05) is 38.5 Å². The van der Waals surface area contributed by atoms with Crippen LogP contribution in [0.4, 0.5) is 0 Å². The number of hydrogen-bond acceptors (Lipinski definition) is 3. The predicted octanol–water partition coefficient (Wildman–Crippen LogP) is 2.84. The van der Waals surface area contributed by atoms with Crippen LogP contribution in [-0.2, 0) is 4.79 Å². The molecule has 0 saturated heterocycles. The molecule has 0 aromatic rings. The van der Waals surface area contributed by atoms with Crippen molar-refractivity contribution in [3.05, 3.63) is 0 Å². The van der Waals surface area contributed by atoms with Gasteiger partial charge >= 0.3 is 0 Å². The first kappa shape index (κ1) is 16.3. The van der Waals surface area contributed by atoms with Gasteiger partial charge in [-0.25, -0.2) is 0 Å². The summed E-state index contributed by atoms with van der Waals surface area (Å²) >= 11 is 0. The Balaban J connectivity index is 2.01. The first-order valence-electron chi connectivity index (χ1n) is 8.42. The molecule has 0 bridgehead atoms. The molecule has 2 saturated carbocycles. The number of rotatable bonds is 4. The van der Waals surface area contributed by atoms with Gasteiger partial charge in [0.2, 0.25) is 5.91 Å². The zero-order chi connectivity index (χ0) is 15.3. The number of nitrogens with zero attached hydrogens (tertiary/aromatic N) is 2. The highest BCUT2D eigenvalue weighted by Gasteiger charge is 2.41. The van der Waals surface area contributed by atoms with Crippen LogP contribution in [0.1, 0.15) is 64.2 Å². The van der Waals surface area contributed by atoms with Crippen LogP contribution in [0.25, 0.3) is 0 Å². The van der Waals surface area contributed by atoms with E-state index in [1.807, 2.05) is 0 Å². The van der Waals surface area contributed by atoms with E-state index in [9.17, 15) is 10.1 Å². The Kier molecular flexibility index (Phi) is 5.27. The molecule has 21 heavy (non-hydrogen) atoms. The van der Waals surface area contributed by atoms with Crippen LogP contribution in [0.2, 0.25) is 0 Å². The Bertz CT molecular complexity index is 397. The number of nitriles is 1. The molecule has 2 aliphatic rings. The lowest BCUT2D eigenvalue weighted by atomic mass is 9.80. The predicted molar refractivity (Wildman–Crippen MR) is 83.6 cm³/mol. The standard InChI is InChI=1S/C17H29N3O/c1-20(2)17(11-7-8-12-17)14-19-15(21)16(13-18)9-5-3-4-6-10-16/h3-12,14H2,1-2H3,(H,19,21). The summed E-state index contributed by atoms with van der Waals surface area (Å²) in [6, 6.07) is 2.35. The molecule has 2 aliphatic carbocycles. The van der Waals surface area contributed by atoms with Gasteiger partial charge in [-0.3, -0.25) is 4.79 Å². The maximum Gasteiger partial charge on any atom is 0.240 e. The van der Waals surface area contributed by atoms with Crippen molar-refractivity contribution in [2.24, 2.45) is 5.41 Å². The molecule has 2 rings (SSSR count). The van der Waals surface area contributed by atoms with E-state index in [-0.39, 0.29) is 11.4 Å². The summed E-state index contributed by atoms with van der Waals surface area (Å²) in [5.74, 6) is -0.0278. The van der Waals surface area contributed by atoms with Crippen LogP contribution in [0.15, 0.2) is 0 Å². The van der Waals surface area contributed by atoms with Crippen LogP contribution in [0, 0.1) is 16.7 Å². The van der Waals surface area contributed by atoms with Crippen molar-refractivity contribution in [2.75, 3.05) is 20.6 Å². The molecule has 0 spiro atoms. The van der Waals surface area contributed by atoms with Gasteiger partial charge in [0.15, 0.2) is 0 Å². The third kappa shape index (κ3) is 3.40. The van der Waals surface area contributed by atoms with Gasteiger partial charge in [0, 0.05) is 12.1 Å². The zero-order valence-electron chi connectivity index (χ0n) is 13.6. The number of likely N-dealkylation sites (N-methyl/N-ethyl adjacent to an activating group) is 1. The molecule has 0 radical (unpaired) electrons. The Morgan fingerprint density at radius 2 is 1.57 bits per heavy atom. The SMILES string of the molecule is CN(C)C1(CNC(=O)C2(C#N)CCCCCC2)CCCC1. The van der Waals surface area contributed by atoms with E-state index in [4.69, 9.17) is 0 Å². The fraction of sp³-hybridized carbons (Fsp3) is 0.882. The van der Waals surface area contributed by atoms with E-state index >= 15 is 0 Å². The van der Waals surface area contributed by atoms with E-state index < -0.39 is 5.41 Å². The second-order valence-electron chi connectivity index (χ2n) is 7.12. The van der Waals surface area contributed by atoms with Gasteiger partial charge in [-0.15, -0.1) is 0 Å². The molecule has 1 amide bonds. The van der Waals surface area contributed by atoms with Crippen LogP contribution < -0.4 is 5.32 Å². The third-order valence-corrected chi connectivity index (χ3v) is 5.67.